The molecule has 1 amide bonds. The van der Waals surface area contributed by atoms with Gasteiger partial charge in [-0.15, -0.1) is 0 Å². The molecule has 3 nitrogen and oxygen atoms in total. The van der Waals surface area contributed by atoms with Crippen molar-refractivity contribution in [3.63, 3.8) is 0 Å². The molecule has 0 atom stereocenters. The van der Waals surface area contributed by atoms with Gasteiger partial charge in [0.1, 0.15) is 0 Å². The molecule has 0 aromatic heterocycles. The Bertz CT molecular complexity index is 371. The van der Waals surface area contributed by atoms with E-state index in [-0.39, 0.29) is 12.5 Å². The second kappa shape index (κ2) is 7.17. The predicted molar refractivity (Wildman–Crippen MR) is 75.1 cm³/mol. The lowest BCUT2D eigenvalue weighted by Gasteiger charge is -2.24. The number of nitrogens with zero attached hydrogens (tertiary/aromatic N) is 1. The minimum Gasteiger partial charge on any atom is -0.337 e. The van der Waals surface area contributed by atoms with E-state index in [0.29, 0.717) is 12.5 Å². The first kappa shape index (κ1) is 14.7. The summed E-state index contributed by atoms with van der Waals surface area (Å²) in [6, 6.07) is 8.43. The van der Waals surface area contributed by atoms with Gasteiger partial charge in [-0.25, -0.2) is 0 Å². The maximum absolute atomic E-state index is 11.8. The molecule has 1 aromatic rings. The summed E-state index contributed by atoms with van der Waals surface area (Å²) in [5, 5.41) is 0. The van der Waals surface area contributed by atoms with Crippen LogP contribution >= 0.6 is 0 Å². The van der Waals surface area contributed by atoms with E-state index in [2.05, 4.69) is 45.0 Å². The number of benzene rings is 1. The Morgan fingerprint density at radius 3 is 2.22 bits per heavy atom. The van der Waals surface area contributed by atoms with E-state index < -0.39 is 0 Å². The van der Waals surface area contributed by atoms with Crippen molar-refractivity contribution in [2.45, 2.75) is 33.7 Å². The summed E-state index contributed by atoms with van der Waals surface area (Å²) in [4.78, 5) is 13.6. The Morgan fingerprint density at radius 1 is 1.22 bits per heavy atom. The van der Waals surface area contributed by atoms with Crippen LogP contribution < -0.4 is 5.73 Å². The molecule has 0 saturated heterocycles. The molecule has 1 rings (SSSR count). The third-order valence-electron chi connectivity index (χ3n) is 2.92. The lowest BCUT2D eigenvalue weighted by Crippen LogP contribution is -2.37. The molecule has 0 aliphatic heterocycles. The molecule has 0 saturated carbocycles. The van der Waals surface area contributed by atoms with Gasteiger partial charge in [0.2, 0.25) is 5.91 Å². The third-order valence-corrected chi connectivity index (χ3v) is 2.92. The Kier molecular flexibility index (Phi) is 5.86. The van der Waals surface area contributed by atoms with Gasteiger partial charge in [0.05, 0.1) is 6.54 Å². The highest BCUT2D eigenvalue weighted by Gasteiger charge is 2.13. The number of hydrogen-bond acceptors (Lipinski definition) is 2. The molecular formula is C15H24N2O. The van der Waals surface area contributed by atoms with Gasteiger partial charge in [-0.3, -0.25) is 4.79 Å². The van der Waals surface area contributed by atoms with Crippen LogP contribution in [0.25, 0.3) is 0 Å². The van der Waals surface area contributed by atoms with Gasteiger partial charge in [0.15, 0.2) is 0 Å². The first-order chi connectivity index (χ1) is 8.56. The first-order valence-electron chi connectivity index (χ1n) is 6.62. The quantitative estimate of drug-likeness (QED) is 0.839. The topological polar surface area (TPSA) is 46.3 Å². The average Bonchev–Trinajstić information content (AvgIpc) is 2.37. The maximum atomic E-state index is 11.8. The monoisotopic (exact) mass is 248 g/mol. The van der Waals surface area contributed by atoms with Crippen molar-refractivity contribution in [2.75, 3.05) is 13.1 Å². The predicted octanol–water partition coefficient (Wildman–Crippen LogP) is 2.19. The smallest absolute Gasteiger partial charge is 0.236 e. The number of hydrogen-bond donors (Lipinski definition) is 1. The van der Waals surface area contributed by atoms with E-state index in [1.54, 1.807) is 0 Å². The van der Waals surface area contributed by atoms with Gasteiger partial charge < -0.3 is 10.6 Å². The third kappa shape index (κ3) is 4.49. The normalized spacial score (nSPS) is 10.7. The molecule has 18 heavy (non-hydrogen) atoms. The lowest BCUT2D eigenvalue weighted by molar-refractivity contribution is -0.130. The fourth-order valence-corrected chi connectivity index (χ4v) is 1.93. The summed E-state index contributed by atoms with van der Waals surface area (Å²) in [5.74, 6) is 0.471. The molecule has 0 fully saturated rings. The van der Waals surface area contributed by atoms with E-state index in [9.17, 15) is 4.79 Å². The molecule has 0 heterocycles. The molecule has 0 bridgehead atoms. The van der Waals surface area contributed by atoms with Crippen LogP contribution in [0.3, 0.4) is 0 Å². The Labute approximate surface area is 110 Å². The first-order valence-corrected chi connectivity index (χ1v) is 6.62. The zero-order valence-electron chi connectivity index (χ0n) is 11.6. The zero-order valence-corrected chi connectivity index (χ0v) is 11.6. The molecule has 100 valence electrons. The average molecular weight is 248 g/mol. The van der Waals surface area contributed by atoms with E-state index in [0.717, 1.165) is 18.5 Å². The largest absolute Gasteiger partial charge is 0.337 e. The second-order valence-corrected chi connectivity index (χ2v) is 5.04. The SMILES string of the molecule is CCc1ccc(CN(CC(C)C)C(=O)CN)cc1. The lowest BCUT2D eigenvalue weighted by atomic mass is 10.1. The summed E-state index contributed by atoms with van der Waals surface area (Å²) < 4.78 is 0. The molecule has 0 spiro atoms. The van der Waals surface area contributed by atoms with Crippen LogP contribution in [0, 0.1) is 5.92 Å². The number of rotatable bonds is 6. The van der Waals surface area contributed by atoms with E-state index in [4.69, 9.17) is 5.73 Å². The Balaban J connectivity index is 2.72. The van der Waals surface area contributed by atoms with Crippen LogP contribution in [0.1, 0.15) is 31.9 Å². The summed E-state index contributed by atoms with van der Waals surface area (Å²) in [7, 11) is 0. The van der Waals surface area contributed by atoms with Crippen molar-refractivity contribution in [1.29, 1.82) is 0 Å². The van der Waals surface area contributed by atoms with Crippen molar-refractivity contribution in [3.8, 4) is 0 Å². The van der Waals surface area contributed by atoms with Crippen LogP contribution in [-0.4, -0.2) is 23.9 Å². The number of aryl methyl sites for hydroxylation is 1. The Morgan fingerprint density at radius 2 is 1.78 bits per heavy atom. The number of carbonyl (C=O) groups excluding carboxylic acids is 1. The summed E-state index contributed by atoms with van der Waals surface area (Å²) in [6.45, 7) is 7.84. The van der Waals surface area contributed by atoms with Crippen molar-refractivity contribution < 1.29 is 4.79 Å². The van der Waals surface area contributed by atoms with Crippen LogP contribution in [-0.2, 0) is 17.8 Å². The van der Waals surface area contributed by atoms with E-state index in [1.165, 1.54) is 5.56 Å². The van der Waals surface area contributed by atoms with Crippen LogP contribution in [0.5, 0.6) is 0 Å². The molecule has 3 heteroatoms. The highest BCUT2D eigenvalue weighted by molar-refractivity contribution is 5.78. The van der Waals surface area contributed by atoms with Gasteiger partial charge in [0, 0.05) is 13.1 Å². The zero-order chi connectivity index (χ0) is 13.5. The molecule has 0 aliphatic rings. The summed E-state index contributed by atoms with van der Waals surface area (Å²) in [6.07, 6.45) is 1.04. The minimum atomic E-state index is 0.0169. The number of amides is 1. The molecule has 2 N–H and O–H groups in total. The van der Waals surface area contributed by atoms with Crippen LogP contribution in [0.2, 0.25) is 0 Å². The van der Waals surface area contributed by atoms with Gasteiger partial charge in [-0.1, -0.05) is 45.0 Å². The number of nitrogens with two attached hydrogens (primary N) is 1. The van der Waals surface area contributed by atoms with Crippen molar-refractivity contribution in [2.24, 2.45) is 11.7 Å². The van der Waals surface area contributed by atoms with E-state index >= 15 is 0 Å². The van der Waals surface area contributed by atoms with Gasteiger partial charge in [-0.2, -0.15) is 0 Å². The summed E-state index contributed by atoms with van der Waals surface area (Å²) >= 11 is 0. The fraction of sp³-hybridized carbons (Fsp3) is 0.533. The maximum Gasteiger partial charge on any atom is 0.236 e. The molecule has 0 unspecified atom stereocenters. The highest BCUT2D eigenvalue weighted by Crippen LogP contribution is 2.10. The van der Waals surface area contributed by atoms with Crippen molar-refractivity contribution in [3.05, 3.63) is 35.4 Å². The van der Waals surface area contributed by atoms with Crippen molar-refractivity contribution in [1.82, 2.24) is 4.90 Å². The van der Waals surface area contributed by atoms with Gasteiger partial charge in [0.25, 0.3) is 0 Å². The fourth-order valence-electron chi connectivity index (χ4n) is 1.93. The summed E-state index contributed by atoms with van der Waals surface area (Å²) in [5.41, 5.74) is 7.94. The Hall–Kier alpha value is -1.35. The molecule has 0 radical (unpaired) electrons. The highest BCUT2D eigenvalue weighted by atomic mass is 16.2. The molecule has 1 aromatic carbocycles. The molecular weight excluding hydrogens is 224 g/mol. The van der Waals surface area contributed by atoms with Gasteiger partial charge in [-0.05, 0) is 23.5 Å². The minimum absolute atomic E-state index is 0.0169. The van der Waals surface area contributed by atoms with Gasteiger partial charge >= 0.3 is 0 Å². The van der Waals surface area contributed by atoms with Crippen molar-refractivity contribution >= 4 is 5.91 Å². The second-order valence-electron chi connectivity index (χ2n) is 5.04. The van der Waals surface area contributed by atoms with E-state index in [1.807, 2.05) is 4.90 Å². The van der Waals surface area contributed by atoms with Crippen LogP contribution in [0.15, 0.2) is 24.3 Å². The number of carbonyl (C=O) groups is 1. The van der Waals surface area contributed by atoms with Crippen LogP contribution in [0.4, 0.5) is 0 Å². The molecule has 0 aliphatic carbocycles. The standard InChI is InChI=1S/C15H24N2O/c1-4-13-5-7-14(8-6-13)11-17(10-12(2)3)15(18)9-16/h5-8,12H,4,9-11,16H2,1-3H3.